The highest BCUT2D eigenvalue weighted by atomic mass is 16.5. The van der Waals surface area contributed by atoms with Gasteiger partial charge in [0.15, 0.2) is 0 Å². The van der Waals surface area contributed by atoms with E-state index >= 15 is 0 Å². The third-order valence-corrected chi connectivity index (χ3v) is 5.81. The van der Waals surface area contributed by atoms with Crippen LogP contribution in [0.5, 0.6) is 11.5 Å². The van der Waals surface area contributed by atoms with Gasteiger partial charge in [0.2, 0.25) is 0 Å². The topological polar surface area (TPSA) is 44.9 Å². The molecular formula is C30H22N4O. The number of rotatable bonds is 6. The first-order valence-corrected chi connectivity index (χ1v) is 11.4. The minimum atomic E-state index is 0.740. The lowest BCUT2D eigenvalue weighted by Crippen LogP contribution is -1.96. The van der Waals surface area contributed by atoms with Gasteiger partial charge in [-0.2, -0.15) is 10.2 Å². The van der Waals surface area contributed by atoms with Crippen LogP contribution in [0.4, 0.5) is 0 Å². The Bertz CT molecular complexity index is 1550. The largest absolute Gasteiger partial charge is 0.457 e. The van der Waals surface area contributed by atoms with E-state index in [0.717, 1.165) is 34.0 Å². The van der Waals surface area contributed by atoms with E-state index in [2.05, 4.69) is 58.7 Å². The van der Waals surface area contributed by atoms with Gasteiger partial charge in [0.25, 0.3) is 0 Å². The van der Waals surface area contributed by atoms with Gasteiger partial charge in [0.05, 0.1) is 17.6 Å². The summed E-state index contributed by atoms with van der Waals surface area (Å²) in [6.45, 7) is 0. The summed E-state index contributed by atoms with van der Waals surface area (Å²) in [5.74, 6) is 1.49. The minimum absolute atomic E-state index is 0.740. The van der Waals surface area contributed by atoms with Gasteiger partial charge in [-0.15, -0.1) is 0 Å². The van der Waals surface area contributed by atoms with Crippen molar-refractivity contribution in [2.75, 3.05) is 0 Å². The molecule has 0 aliphatic heterocycles. The third-order valence-electron chi connectivity index (χ3n) is 5.81. The zero-order chi connectivity index (χ0) is 23.5. The molecule has 0 bridgehead atoms. The Labute approximate surface area is 203 Å². The van der Waals surface area contributed by atoms with Crippen LogP contribution in [0.2, 0.25) is 0 Å². The number of aromatic nitrogens is 4. The highest BCUT2D eigenvalue weighted by Gasteiger charge is 2.07. The molecule has 0 radical (unpaired) electrons. The van der Waals surface area contributed by atoms with Gasteiger partial charge >= 0.3 is 0 Å². The summed E-state index contributed by atoms with van der Waals surface area (Å²) in [6, 6.07) is 36.6. The predicted octanol–water partition coefficient (Wildman–Crippen LogP) is 7.18. The Morgan fingerprint density at radius 3 is 1.80 bits per heavy atom. The molecule has 0 aliphatic rings. The quantitative estimate of drug-likeness (QED) is 0.268. The maximum absolute atomic E-state index is 6.14. The molecular weight excluding hydrogens is 432 g/mol. The van der Waals surface area contributed by atoms with Gasteiger partial charge in [-0.1, -0.05) is 66.7 Å². The molecule has 0 atom stereocenters. The summed E-state index contributed by atoms with van der Waals surface area (Å²) in [4.78, 5) is 0. The molecule has 0 spiro atoms. The molecule has 0 unspecified atom stereocenters. The zero-order valence-corrected chi connectivity index (χ0v) is 18.9. The van der Waals surface area contributed by atoms with Crippen molar-refractivity contribution in [3.05, 3.63) is 134 Å². The summed E-state index contributed by atoms with van der Waals surface area (Å²) in [5, 5.41) is 8.87. The van der Waals surface area contributed by atoms with E-state index in [1.54, 1.807) is 10.9 Å². The summed E-state index contributed by atoms with van der Waals surface area (Å²) >= 11 is 0. The van der Waals surface area contributed by atoms with Gasteiger partial charge in [-0.3, -0.25) is 0 Å². The molecule has 0 N–H and O–H groups in total. The Kier molecular flexibility index (Phi) is 5.41. The van der Waals surface area contributed by atoms with Crippen molar-refractivity contribution in [3.63, 3.8) is 0 Å². The molecule has 0 amide bonds. The fraction of sp³-hybridized carbons (Fsp3) is 0. The first kappa shape index (κ1) is 20.7. The van der Waals surface area contributed by atoms with E-state index in [4.69, 9.17) is 4.74 Å². The summed E-state index contributed by atoms with van der Waals surface area (Å²) < 4.78 is 9.82. The van der Waals surface area contributed by atoms with Crippen LogP contribution in [-0.2, 0) is 0 Å². The van der Waals surface area contributed by atoms with E-state index in [-0.39, 0.29) is 0 Å². The SMILES string of the molecule is c1ccc(-c2ccc(-c3cnn(-c4cccc(Oc5cccc(-n6cccn6)c5)c4)c3)cc2)cc1. The molecule has 5 nitrogen and oxygen atoms in total. The fourth-order valence-electron chi connectivity index (χ4n) is 4.04. The molecule has 0 fully saturated rings. The van der Waals surface area contributed by atoms with Gasteiger partial charge in [0.1, 0.15) is 11.5 Å². The number of hydrogen-bond acceptors (Lipinski definition) is 3. The van der Waals surface area contributed by atoms with E-state index < -0.39 is 0 Å². The summed E-state index contributed by atoms with van der Waals surface area (Å²) in [5.41, 5.74) is 6.46. The Morgan fingerprint density at radius 1 is 0.514 bits per heavy atom. The third kappa shape index (κ3) is 4.48. The van der Waals surface area contributed by atoms with Crippen molar-refractivity contribution in [2.24, 2.45) is 0 Å². The van der Waals surface area contributed by atoms with Crippen LogP contribution >= 0.6 is 0 Å². The van der Waals surface area contributed by atoms with E-state index in [0.29, 0.717) is 0 Å². The average Bonchev–Trinajstić information content (AvgIpc) is 3.63. The molecule has 0 aliphatic carbocycles. The molecule has 5 heteroatoms. The zero-order valence-electron chi connectivity index (χ0n) is 18.9. The van der Waals surface area contributed by atoms with Gasteiger partial charge in [-0.05, 0) is 47.0 Å². The first-order chi connectivity index (χ1) is 17.3. The van der Waals surface area contributed by atoms with Crippen molar-refractivity contribution >= 4 is 0 Å². The Morgan fingerprint density at radius 2 is 1.14 bits per heavy atom. The highest BCUT2D eigenvalue weighted by molar-refractivity contribution is 5.70. The highest BCUT2D eigenvalue weighted by Crippen LogP contribution is 2.28. The Balaban J connectivity index is 1.21. The normalized spacial score (nSPS) is 10.9. The second kappa shape index (κ2) is 9.15. The lowest BCUT2D eigenvalue weighted by molar-refractivity contribution is 0.481. The first-order valence-electron chi connectivity index (χ1n) is 11.4. The van der Waals surface area contributed by atoms with Crippen LogP contribution in [0, 0.1) is 0 Å². The number of benzene rings is 4. The van der Waals surface area contributed by atoms with Crippen LogP contribution in [0.25, 0.3) is 33.6 Å². The lowest BCUT2D eigenvalue weighted by atomic mass is 10.0. The molecule has 2 aromatic heterocycles. The van der Waals surface area contributed by atoms with Crippen molar-refractivity contribution in [2.45, 2.75) is 0 Å². The van der Waals surface area contributed by atoms with Crippen LogP contribution in [0.1, 0.15) is 0 Å². The van der Waals surface area contributed by atoms with Crippen LogP contribution in [-0.4, -0.2) is 19.6 Å². The van der Waals surface area contributed by atoms with Crippen LogP contribution in [0.15, 0.2) is 134 Å². The number of ether oxygens (including phenoxy) is 1. The number of nitrogens with zero attached hydrogens (tertiary/aromatic N) is 4. The summed E-state index contributed by atoms with van der Waals surface area (Å²) in [6.07, 6.45) is 7.59. The van der Waals surface area contributed by atoms with E-state index in [1.807, 2.05) is 83.9 Å². The summed E-state index contributed by atoms with van der Waals surface area (Å²) in [7, 11) is 0. The maximum atomic E-state index is 6.14. The van der Waals surface area contributed by atoms with Crippen LogP contribution < -0.4 is 4.74 Å². The molecule has 6 aromatic rings. The Hall–Kier alpha value is -4.90. The smallest absolute Gasteiger partial charge is 0.129 e. The maximum Gasteiger partial charge on any atom is 0.129 e. The van der Waals surface area contributed by atoms with Gasteiger partial charge in [0, 0.05) is 36.3 Å². The second-order valence-corrected chi connectivity index (χ2v) is 8.16. The van der Waals surface area contributed by atoms with Gasteiger partial charge < -0.3 is 4.74 Å². The molecule has 35 heavy (non-hydrogen) atoms. The molecule has 168 valence electrons. The van der Waals surface area contributed by atoms with Gasteiger partial charge in [-0.25, -0.2) is 9.36 Å². The average molecular weight is 455 g/mol. The standard InChI is InChI=1S/C30H22N4O/c1-2-7-23(8-3-1)24-13-15-25(16-14-24)26-21-32-34(22-26)28-10-5-12-30(20-28)35-29-11-4-9-27(19-29)33-18-6-17-31-33/h1-22H. The molecule has 4 aromatic carbocycles. The van der Waals surface area contributed by atoms with Crippen LogP contribution in [0.3, 0.4) is 0 Å². The minimum Gasteiger partial charge on any atom is -0.457 e. The fourth-order valence-corrected chi connectivity index (χ4v) is 4.04. The predicted molar refractivity (Wildman–Crippen MR) is 138 cm³/mol. The molecule has 2 heterocycles. The molecule has 6 rings (SSSR count). The van der Waals surface area contributed by atoms with Crippen molar-refractivity contribution in [3.8, 4) is 45.1 Å². The molecule has 0 saturated heterocycles. The van der Waals surface area contributed by atoms with Crippen molar-refractivity contribution in [1.29, 1.82) is 0 Å². The van der Waals surface area contributed by atoms with Crippen molar-refractivity contribution < 1.29 is 4.74 Å². The lowest BCUT2D eigenvalue weighted by Gasteiger charge is -2.09. The van der Waals surface area contributed by atoms with Crippen molar-refractivity contribution in [1.82, 2.24) is 19.6 Å². The second-order valence-electron chi connectivity index (χ2n) is 8.16. The van der Waals surface area contributed by atoms with E-state index in [9.17, 15) is 0 Å². The molecule has 0 saturated carbocycles. The van der Waals surface area contributed by atoms with E-state index in [1.165, 1.54) is 11.1 Å². The monoisotopic (exact) mass is 454 g/mol. The number of hydrogen-bond donors (Lipinski definition) is 0.